The summed E-state index contributed by atoms with van der Waals surface area (Å²) in [5.41, 5.74) is 2.48. The van der Waals surface area contributed by atoms with E-state index in [2.05, 4.69) is 29.6 Å². The van der Waals surface area contributed by atoms with Gasteiger partial charge in [0.15, 0.2) is 5.76 Å². The summed E-state index contributed by atoms with van der Waals surface area (Å²) in [5, 5.41) is 2.97. The Labute approximate surface area is 136 Å². The maximum Gasteiger partial charge on any atom is 0.286 e. The molecule has 3 heteroatoms. The topological polar surface area (TPSA) is 42.2 Å². The van der Waals surface area contributed by atoms with Crippen LogP contribution in [0.2, 0.25) is 0 Å². The minimum absolute atomic E-state index is 0.177. The van der Waals surface area contributed by atoms with Crippen LogP contribution in [0.1, 0.15) is 27.6 Å². The van der Waals surface area contributed by atoms with E-state index in [9.17, 15) is 4.79 Å². The lowest BCUT2D eigenvalue weighted by Gasteiger charge is -2.18. The lowest BCUT2D eigenvalue weighted by atomic mass is 9.92. The maximum absolute atomic E-state index is 12.1. The Morgan fingerprint density at radius 2 is 1.61 bits per heavy atom. The van der Waals surface area contributed by atoms with Crippen LogP contribution in [0.25, 0.3) is 0 Å². The first-order valence-corrected chi connectivity index (χ1v) is 7.73. The monoisotopic (exact) mass is 305 g/mol. The smallest absolute Gasteiger partial charge is 0.286 e. The molecule has 0 bridgehead atoms. The molecular weight excluding hydrogens is 286 g/mol. The normalized spacial score (nSPS) is 11.8. The third kappa shape index (κ3) is 4.10. The second-order valence-corrected chi connectivity index (χ2v) is 5.48. The largest absolute Gasteiger partial charge is 0.459 e. The van der Waals surface area contributed by atoms with Crippen LogP contribution >= 0.6 is 0 Å². The van der Waals surface area contributed by atoms with Crippen LogP contribution in [-0.2, 0) is 6.42 Å². The van der Waals surface area contributed by atoms with Crippen LogP contribution < -0.4 is 5.32 Å². The number of carbonyl (C=O) groups is 1. The Kier molecular flexibility index (Phi) is 4.89. The zero-order chi connectivity index (χ0) is 15.9. The lowest BCUT2D eigenvalue weighted by molar-refractivity contribution is 0.0923. The third-order valence-corrected chi connectivity index (χ3v) is 3.85. The van der Waals surface area contributed by atoms with Gasteiger partial charge in [-0.2, -0.15) is 0 Å². The number of benzene rings is 2. The summed E-state index contributed by atoms with van der Waals surface area (Å²) in [5.74, 6) is 0.387. The zero-order valence-electron chi connectivity index (χ0n) is 12.8. The van der Waals surface area contributed by atoms with Crippen LogP contribution in [0, 0.1) is 0 Å². The van der Waals surface area contributed by atoms with E-state index in [0.717, 1.165) is 6.42 Å². The Bertz CT molecular complexity index is 721. The maximum atomic E-state index is 12.1. The lowest BCUT2D eigenvalue weighted by Crippen LogP contribution is -2.29. The summed E-state index contributed by atoms with van der Waals surface area (Å²) in [7, 11) is 0. The van der Waals surface area contributed by atoms with Gasteiger partial charge >= 0.3 is 0 Å². The van der Waals surface area contributed by atoms with E-state index in [4.69, 9.17) is 4.42 Å². The first kappa shape index (κ1) is 15.1. The second-order valence-electron chi connectivity index (χ2n) is 5.48. The Balaban J connectivity index is 1.71. The number of nitrogens with one attached hydrogen (secondary N) is 1. The van der Waals surface area contributed by atoms with E-state index in [0.29, 0.717) is 12.3 Å². The highest BCUT2D eigenvalue weighted by atomic mass is 16.3. The van der Waals surface area contributed by atoms with Gasteiger partial charge in [0, 0.05) is 12.5 Å². The third-order valence-electron chi connectivity index (χ3n) is 3.85. The van der Waals surface area contributed by atoms with Gasteiger partial charge < -0.3 is 9.73 Å². The summed E-state index contributed by atoms with van der Waals surface area (Å²) in [4.78, 5) is 12.1. The van der Waals surface area contributed by atoms with Crippen molar-refractivity contribution in [3.05, 3.63) is 95.9 Å². The Morgan fingerprint density at radius 1 is 0.913 bits per heavy atom. The van der Waals surface area contributed by atoms with E-state index in [1.807, 2.05) is 36.4 Å². The van der Waals surface area contributed by atoms with Gasteiger partial charge in [-0.05, 0) is 29.7 Å². The minimum Gasteiger partial charge on any atom is -0.459 e. The molecule has 3 aromatic rings. The summed E-state index contributed by atoms with van der Waals surface area (Å²) >= 11 is 0. The first-order valence-electron chi connectivity index (χ1n) is 7.73. The van der Waals surface area contributed by atoms with Crippen molar-refractivity contribution in [1.82, 2.24) is 5.32 Å². The molecule has 0 spiro atoms. The fraction of sp³-hybridized carbons (Fsp3) is 0.150. The van der Waals surface area contributed by atoms with Crippen molar-refractivity contribution in [3.8, 4) is 0 Å². The Morgan fingerprint density at radius 3 is 2.26 bits per heavy atom. The average Bonchev–Trinajstić information content (AvgIpc) is 3.15. The van der Waals surface area contributed by atoms with Gasteiger partial charge in [-0.3, -0.25) is 4.79 Å². The number of rotatable bonds is 6. The fourth-order valence-electron chi connectivity index (χ4n) is 2.64. The van der Waals surface area contributed by atoms with Crippen molar-refractivity contribution in [2.45, 2.75) is 12.3 Å². The standard InChI is InChI=1S/C20H19NO2/c22-20(19-12-7-13-23-19)21-15-18(17-10-5-2-6-11-17)14-16-8-3-1-4-9-16/h1-13,18H,14-15H2,(H,21,22). The first-order chi connectivity index (χ1) is 11.3. The van der Waals surface area contributed by atoms with Crippen molar-refractivity contribution in [2.24, 2.45) is 0 Å². The highest BCUT2D eigenvalue weighted by Crippen LogP contribution is 2.20. The van der Waals surface area contributed by atoms with Crippen LogP contribution in [0.3, 0.4) is 0 Å². The molecule has 1 aromatic heterocycles. The molecule has 1 unspecified atom stereocenters. The molecule has 2 aromatic carbocycles. The number of hydrogen-bond donors (Lipinski definition) is 1. The SMILES string of the molecule is O=C(NCC(Cc1ccccc1)c1ccccc1)c1ccco1. The van der Waals surface area contributed by atoms with Gasteiger partial charge in [-0.1, -0.05) is 60.7 Å². The molecule has 3 rings (SSSR count). The molecule has 0 radical (unpaired) electrons. The van der Waals surface area contributed by atoms with Crippen molar-refractivity contribution in [2.75, 3.05) is 6.54 Å². The molecule has 1 N–H and O–H groups in total. The number of amides is 1. The zero-order valence-corrected chi connectivity index (χ0v) is 12.8. The van der Waals surface area contributed by atoms with E-state index in [-0.39, 0.29) is 11.8 Å². The highest BCUT2D eigenvalue weighted by Gasteiger charge is 2.15. The van der Waals surface area contributed by atoms with E-state index in [1.54, 1.807) is 12.1 Å². The summed E-state index contributed by atoms with van der Waals surface area (Å²) in [6.07, 6.45) is 2.39. The predicted octanol–water partition coefficient (Wildman–Crippen LogP) is 4.04. The van der Waals surface area contributed by atoms with E-state index >= 15 is 0 Å². The molecule has 1 atom stereocenters. The van der Waals surface area contributed by atoms with E-state index < -0.39 is 0 Å². The molecule has 0 aliphatic rings. The highest BCUT2D eigenvalue weighted by molar-refractivity contribution is 5.91. The molecule has 3 nitrogen and oxygen atoms in total. The van der Waals surface area contributed by atoms with Crippen molar-refractivity contribution in [1.29, 1.82) is 0 Å². The molecule has 0 saturated heterocycles. The van der Waals surface area contributed by atoms with Gasteiger partial charge in [0.2, 0.25) is 0 Å². The minimum atomic E-state index is -0.177. The molecule has 0 saturated carbocycles. The molecule has 0 aliphatic carbocycles. The summed E-state index contributed by atoms with van der Waals surface area (Å²) in [6.45, 7) is 0.568. The van der Waals surface area contributed by atoms with Gasteiger partial charge in [0.1, 0.15) is 0 Å². The van der Waals surface area contributed by atoms with Crippen LogP contribution in [0.5, 0.6) is 0 Å². The molecule has 1 heterocycles. The van der Waals surface area contributed by atoms with Crippen LogP contribution in [0.15, 0.2) is 83.5 Å². The van der Waals surface area contributed by atoms with Crippen molar-refractivity contribution >= 4 is 5.91 Å². The van der Waals surface area contributed by atoms with E-state index in [1.165, 1.54) is 17.4 Å². The molecule has 116 valence electrons. The molecule has 0 fully saturated rings. The average molecular weight is 305 g/mol. The number of carbonyl (C=O) groups excluding carboxylic acids is 1. The van der Waals surface area contributed by atoms with Gasteiger partial charge in [0.25, 0.3) is 5.91 Å². The fourth-order valence-corrected chi connectivity index (χ4v) is 2.64. The van der Waals surface area contributed by atoms with Crippen LogP contribution in [0.4, 0.5) is 0 Å². The number of hydrogen-bond acceptors (Lipinski definition) is 2. The molecular formula is C20H19NO2. The predicted molar refractivity (Wildman–Crippen MR) is 90.4 cm³/mol. The quantitative estimate of drug-likeness (QED) is 0.747. The van der Waals surface area contributed by atoms with Gasteiger partial charge in [-0.15, -0.1) is 0 Å². The molecule has 23 heavy (non-hydrogen) atoms. The van der Waals surface area contributed by atoms with Crippen molar-refractivity contribution < 1.29 is 9.21 Å². The second kappa shape index (κ2) is 7.45. The molecule has 0 aliphatic heterocycles. The summed E-state index contributed by atoms with van der Waals surface area (Å²) < 4.78 is 5.14. The van der Waals surface area contributed by atoms with Gasteiger partial charge in [-0.25, -0.2) is 0 Å². The van der Waals surface area contributed by atoms with Gasteiger partial charge in [0.05, 0.1) is 6.26 Å². The van der Waals surface area contributed by atoms with Crippen LogP contribution in [-0.4, -0.2) is 12.5 Å². The molecule has 1 amide bonds. The summed E-state index contributed by atoms with van der Waals surface area (Å²) in [6, 6.07) is 24.0. The number of furan rings is 1. The Hall–Kier alpha value is -2.81. The van der Waals surface area contributed by atoms with Crippen molar-refractivity contribution in [3.63, 3.8) is 0 Å².